The number of ether oxygens (including phenoxy) is 1. The first-order valence-electron chi connectivity index (χ1n) is 6.50. The topological polar surface area (TPSA) is 47.0 Å². The Bertz CT molecular complexity index is 340. The highest BCUT2D eigenvalue weighted by atomic mass is 32.2. The van der Waals surface area contributed by atoms with E-state index in [1.165, 1.54) is 27.9 Å². The monoisotopic (exact) mass is 287 g/mol. The van der Waals surface area contributed by atoms with Crippen LogP contribution in [0.5, 0.6) is 0 Å². The van der Waals surface area contributed by atoms with E-state index >= 15 is 0 Å². The van der Waals surface area contributed by atoms with Crippen LogP contribution < -0.4 is 5.32 Å². The van der Waals surface area contributed by atoms with Gasteiger partial charge in [-0.1, -0.05) is 0 Å². The van der Waals surface area contributed by atoms with Crippen molar-refractivity contribution < 1.29 is 4.74 Å². The lowest BCUT2D eigenvalue weighted by molar-refractivity contribution is 0.199. The van der Waals surface area contributed by atoms with E-state index in [-0.39, 0.29) is 0 Å². The quantitative estimate of drug-likeness (QED) is 0.740. The van der Waals surface area contributed by atoms with E-state index in [4.69, 9.17) is 4.74 Å². The van der Waals surface area contributed by atoms with Crippen LogP contribution in [0.25, 0.3) is 0 Å². The van der Waals surface area contributed by atoms with Crippen molar-refractivity contribution in [2.45, 2.75) is 25.2 Å². The fourth-order valence-corrected chi connectivity index (χ4v) is 4.28. The molecule has 4 nitrogen and oxygen atoms in total. The van der Waals surface area contributed by atoms with Gasteiger partial charge in [-0.2, -0.15) is 11.8 Å². The zero-order valence-corrected chi connectivity index (χ0v) is 12.5. The minimum Gasteiger partial charge on any atom is -0.383 e. The van der Waals surface area contributed by atoms with Crippen LogP contribution in [0.15, 0.2) is 0 Å². The third-order valence-electron chi connectivity index (χ3n) is 2.99. The standard InChI is InChI=1S/C12H21N3OS2/c1-16-7-6-13-5-2-3-11-14-15-12(18-11)10-4-8-17-9-10/h10,13H,2-9H2,1H3. The number of aryl methyl sites for hydroxylation is 1. The maximum atomic E-state index is 4.98. The van der Waals surface area contributed by atoms with Crippen LogP contribution in [0.2, 0.25) is 0 Å². The van der Waals surface area contributed by atoms with Gasteiger partial charge < -0.3 is 10.1 Å². The predicted molar refractivity (Wildman–Crippen MR) is 77.7 cm³/mol. The Hall–Kier alpha value is -0.170. The molecule has 0 aliphatic carbocycles. The van der Waals surface area contributed by atoms with E-state index in [1.54, 1.807) is 7.11 Å². The van der Waals surface area contributed by atoms with Crippen molar-refractivity contribution >= 4 is 23.1 Å². The van der Waals surface area contributed by atoms with E-state index in [1.807, 2.05) is 23.1 Å². The summed E-state index contributed by atoms with van der Waals surface area (Å²) in [6, 6.07) is 0. The molecule has 2 heterocycles. The summed E-state index contributed by atoms with van der Waals surface area (Å²) in [5.41, 5.74) is 0. The summed E-state index contributed by atoms with van der Waals surface area (Å²) in [5, 5.41) is 14.4. The Morgan fingerprint density at radius 3 is 3.11 bits per heavy atom. The third-order valence-corrected chi connectivity index (χ3v) is 5.30. The van der Waals surface area contributed by atoms with Crippen molar-refractivity contribution in [2.24, 2.45) is 0 Å². The lowest BCUT2D eigenvalue weighted by Crippen LogP contribution is -2.20. The Balaban J connectivity index is 1.64. The molecule has 1 fully saturated rings. The van der Waals surface area contributed by atoms with E-state index in [9.17, 15) is 0 Å². The van der Waals surface area contributed by atoms with Crippen LogP contribution in [-0.2, 0) is 11.2 Å². The van der Waals surface area contributed by atoms with Crippen LogP contribution in [-0.4, -0.2) is 48.5 Å². The summed E-state index contributed by atoms with van der Waals surface area (Å²) in [4.78, 5) is 0. The molecule has 0 spiro atoms. The van der Waals surface area contributed by atoms with Crippen LogP contribution in [0.4, 0.5) is 0 Å². The molecular formula is C12H21N3OS2. The molecule has 1 saturated heterocycles. The summed E-state index contributed by atoms with van der Waals surface area (Å²) in [7, 11) is 1.73. The highest BCUT2D eigenvalue weighted by Crippen LogP contribution is 2.33. The van der Waals surface area contributed by atoms with Gasteiger partial charge in [0.2, 0.25) is 0 Å². The summed E-state index contributed by atoms with van der Waals surface area (Å²) < 4.78 is 4.98. The normalized spacial score (nSPS) is 19.5. The summed E-state index contributed by atoms with van der Waals surface area (Å²) in [6.45, 7) is 2.73. The molecule has 6 heteroatoms. The molecule has 0 amide bonds. The molecule has 0 aromatic carbocycles. The van der Waals surface area contributed by atoms with Gasteiger partial charge in [-0.3, -0.25) is 0 Å². The molecule has 1 aromatic heterocycles. The van der Waals surface area contributed by atoms with Crippen LogP contribution >= 0.6 is 23.1 Å². The maximum Gasteiger partial charge on any atom is 0.121 e. The molecule has 1 aliphatic heterocycles. The van der Waals surface area contributed by atoms with Gasteiger partial charge in [0.25, 0.3) is 0 Å². The third kappa shape index (κ3) is 4.50. The zero-order valence-electron chi connectivity index (χ0n) is 10.9. The van der Waals surface area contributed by atoms with Crippen LogP contribution in [0, 0.1) is 0 Å². The van der Waals surface area contributed by atoms with Gasteiger partial charge >= 0.3 is 0 Å². The molecule has 0 radical (unpaired) electrons. The Morgan fingerprint density at radius 1 is 1.39 bits per heavy atom. The molecule has 2 rings (SSSR count). The van der Waals surface area contributed by atoms with Gasteiger partial charge in [-0.25, -0.2) is 0 Å². The van der Waals surface area contributed by atoms with Crippen molar-refractivity contribution in [3.8, 4) is 0 Å². The minimum atomic E-state index is 0.668. The second-order valence-electron chi connectivity index (χ2n) is 4.44. The van der Waals surface area contributed by atoms with E-state index in [0.29, 0.717) is 5.92 Å². The Morgan fingerprint density at radius 2 is 2.33 bits per heavy atom. The van der Waals surface area contributed by atoms with Gasteiger partial charge in [0.05, 0.1) is 6.61 Å². The molecular weight excluding hydrogens is 266 g/mol. The SMILES string of the molecule is COCCNCCCc1nnc(C2CCSC2)s1. The lowest BCUT2D eigenvalue weighted by Gasteiger charge is -2.02. The molecule has 0 bridgehead atoms. The first-order chi connectivity index (χ1) is 8.90. The smallest absolute Gasteiger partial charge is 0.121 e. The van der Waals surface area contributed by atoms with Crippen LogP contribution in [0.1, 0.15) is 28.8 Å². The molecule has 1 unspecified atom stereocenters. The lowest BCUT2D eigenvalue weighted by atomic mass is 10.1. The van der Waals surface area contributed by atoms with Gasteiger partial charge in [0.1, 0.15) is 10.0 Å². The molecule has 1 N–H and O–H groups in total. The summed E-state index contributed by atoms with van der Waals surface area (Å²) in [5.74, 6) is 3.18. The van der Waals surface area contributed by atoms with Crippen LogP contribution in [0.3, 0.4) is 0 Å². The zero-order chi connectivity index (χ0) is 12.6. The molecule has 1 atom stereocenters. The van der Waals surface area contributed by atoms with Gasteiger partial charge in [0.15, 0.2) is 0 Å². The Kier molecular flexibility index (Phi) is 6.40. The number of rotatable bonds is 8. The predicted octanol–water partition coefficient (Wildman–Crippen LogP) is 1.93. The van der Waals surface area contributed by atoms with E-state index in [2.05, 4.69) is 15.5 Å². The van der Waals surface area contributed by atoms with Gasteiger partial charge in [0, 0.05) is 31.7 Å². The molecule has 0 saturated carbocycles. The second-order valence-corrected chi connectivity index (χ2v) is 6.68. The second kappa shape index (κ2) is 8.09. The minimum absolute atomic E-state index is 0.668. The van der Waals surface area contributed by atoms with Gasteiger partial charge in [-0.05, 0) is 25.1 Å². The van der Waals surface area contributed by atoms with Crippen molar-refractivity contribution in [2.75, 3.05) is 38.3 Å². The molecule has 1 aromatic rings. The number of hydrogen-bond donors (Lipinski definition) is 1. The fraction of sp³-hybridized carbons (Fsp3) is 0.833. The van der Waals surface area contributed by atoms with Gasteiger partial charge in [-0.15, -0.1) is 21.5 Å². The summed E-state index contributed by atoms with van der Waals surface area (Å²) in [6.07, 6.45) is 3.44. The van der Waals surface area contributed by atoms with Crippen molar-refractivity contribution in [1.29, 1.82) is 0 Å². The fourth-order valence-electron chi connectivity index (χ4n) is 1.93. The number of nitrogens with one attached hydrogen (secondary N) is 1. The van der Waals surface area contributed by atoms with E-state index < -0.39 is 0 Å². The molecule has 18 heavy (non-hydrogen) atoms. The van der Waals surface area contributed by atoms with E-state index in [0.717, 1.165) is 32.5 Å². The largest absolute Gasteiger partial charge is 0.383 e. The van der Waals surface area contributed by atoms with Crippen molar-refractivity contribution in [3.05, 3.63) is 10.0 Å². The first-order valence-corrected chi connectivity index (χ1v) is 8.47. The first kappa shape index (κ1) is 14.2. The van der Waals surface area contributed by atoms with Crippen molar-refractivity contribution in [1.82, 2.24) is 15.5 Å². The number of methoxy groups -OCH3 is 1. The molecule has 102 valence electrons. The average molecular weight is 287 g/mol. The average Bonchev–Trinajstić information content (AvgIpc) is 3.03. The molecule has 1 aliphatic rings. The van der Waals surface area contributed by atoms with Crippen molar-refractivity contribution in [3.63, 3.8) is 0 Å². The number of thioether (sulfide) groups is 1. The highest BCUT2D eigenvalue weighted by Gasteiger charge is 2.21. The number of aromatic nitrogens is 2. The highest BCUT2D eigenvalue weighted by molar-refractivity contribution is 7.99. The number of hydrogen-bond acceptors (Lipinski definition) is 6. The summed E-state index contributed by atoms with van der Waals surface area (Å²) >= 11 is 3.84. The number of nitrogens with zero attached hydrogens (tertiary/aromatic N) is 2. The maximum absolute atomic E-state index is 4.98. The Labute approximate surface area is 117 Å².